The van der Waals surface area contributed by atoms with E-state index in [1.165, 1.54) is 0 Å². The summed E-state index contributed by atoms with van der Waals surface area (Å²) in [6.45, 7) is 1.96. The van der Waals surface area contributed by atoms with Crippen molar-refractivity contribution < 1.29 is 4.42 Å². The molecular weight excluding hydrogens is 282 g/mol. The van der Waals surface area contributed by atoms with E-state index >= 15 is 0 Å². The number of fused-ring (bicyclic) bond motifs is 2. The lowest BCUT2D eigenvalue weighted by molar-refractivity contribution is 0.629. The largest absolute Gasteiger partial charge is 0.454 e. The monoisotopic (exact) mass is 289 g/mol. The minimum atomic E-state index is 0.697. The highest BCUT2D eigenvalue weighted by atomic mass is 35.5. The van der Waals surface area contributed by atoms with Crippen LogP contribution in [0.25, 0.3) is 27.4 Å². The normalized spacial score (nSPS) is 11.7. The summed E-state index contributed by atoms with van der Waals surface area (Å²) in [5.41, 5.74) is 1.59. The third-order valence-corrected chi connectivity index (χ3v) is 3.95. The van der Waals surface area contributed by atoms with E-state index in [9.17, 15) is 0 Å². The molecule has 0 spiro atoms. The molecule has 0 aliphatic carbocycles. The van der Waals surface area contributed by atoms with Crippen molar-refractivity contribution in [3.05, 3.63) is 40.5 Å². The van der Waals surface area contributed by atoms with Crippen molar-refractivity contribution in [3.63, 3.8) is 0 Å². The Morgan fingerprint density at radius 2 is 2.21 bits per heavy atom. The van der Waals surface area contributed by atoms with Gasteiger partial charge in [0, 0.05) is 10.4 Å². The van der Waals surface area contributed by atoms with Crippen LogP contribution in [0.15, 0.2) is 34.9 Å². The Hall–Kier alpha value is -1.85. The lowest BCUT2D eigenvalue weighted by atomic mass is 10.2. The fraction of sp³-hybridized carbons (Fsp3) is 0.0769. The second-order valence-electron chi connectivity index (χ2n) is 4.27. The van der Waals surface area contributed by atoms with Gasteiger partial charge in [0.05, 0.1) is 6.20 Å². The summed E-state index contributed by atoms with van der Waals surface area (Å²) in [4.78, 5) is 5.38. The molecule has 0 radical (unpaired) electrons. The second-order valence-corrected chi connectivity index (χ2v) is 5.86. The summed E-state index contributed by atoms with van der Waals surface area (Å²) in [5.74, 6) is 0.729. The van der Waals surface area contributed by atoms with Crippen LogP contribution in [-0.2, 0) is 0 Å². The minimum Gasteiger partial charge on any atom is -0.454 e. The molecular formula is C13H8ClN3OS. The summed E-state index contributed by atoms with van der Waals surface area (Å²) in [6, 6.07) is 7.50. The molecule has 0 amide bonds. The molecule has 0 aliphatic rings. The molecule has 4 rings (SSSR count). The zero-order valence-corrected chi connectivity index (χ0v) is 11.5. The molecule has 0 saturated carbocycles. The van der Waals surface area contributed by atoms with Gasteiger partial charge in [-0.1, -0.05) is 22.9 Å². The molecule has 1 aromatic carbocycles. The van der Waals surface area contributed by atoms with Crippen LogP contribution in [0.4, 0.5) is 0 Å². The first-order valence-corrected chi connectivity index (χ1v) is 6.91. The third-order valence-electron chi connectivity index (χ3n) is 2.87. The molecule has 0 atom stereocenters. The maximum absolute atomic E-state index is 5.97. The Morgan fingerprint density at radius 1 is 1.32 bits per heavy atom. The highest BCUT2D eigenvalue weighted by Crippen LogP contribution is 2.29. The molecule has 0 saturated heterocycles. The SMILES string of the molecule is Cc1nn2cc(-c3cc4cc(Cl)ccc4o3)nc2s1. The number of furan rings is 1. The van der Waals surface area contributed by atoms with E-state index in [1.807, 2.05) is 37.4 Å². The third kappa shape index (κ3) is 1.74. The molecule has 4 aromatic rings. The quantitative estimate of drug-likeness (QED) is 0.528. The number of imidazole rings is 1. The number of aromatic nitrogens is 3. The van der Waals surface area contributed by atoms with Gasteiger partial charge in [-0.05, 0) is 31.2 Å². The number of benzene rings is 1. The van der Waals surface area contributed by atoms with Crippen LogP contribution in [0.2, 0.25) is 5.02 Å². The number of hydrogen-bond donors (Lipinski definition) is 0. The van der Waals surface area contributed by atoms with Crippen LogP contribution in [-0.4, -0.2) is 14.6 Å². The van der Waals surface area contributed by atoms with Gasteiger partial charge < -0.3 is 4.42 Å². The van der Waals surface area contributed by atoms with E-state index in [2.05, 4.69) is 10.1 Å². The zero-order valence-electron chi connectivity index (χ0n) is 9.92. The Morgan fingerprint density at radius 3 is 3.05 bits per heavy atom. The van der Waals surface area contributed by atoms with Crippen LogP contribution in [0.3, 0.4) is 0 Å². The first kappa shape index (κ1) is 11.0. The first-order chi connectivity index (χ1) is 9.19. The van der Waals surface area contributed by atoms with Gasteiger partial charge in [0.15, 0.2) is 5.76 Å². The smallest absolute Gasteiger partial charge is 0.212 e. The molecule has 0 bridgehead atoms. The summed E-state index contributed by atoms with van der Waals surface area (Å²) < 4.78 is 7.55. The van der Waals surface area contributed by atoms with Crippen LogP contribution in [0.1, 0.15) is 5.01 Å². The Bertz CT molecular complexity index is 874. The molecule has 3 heterocycles. The van der Waals surface area contributed by atoms with Crippen molar-refractivity contribution >= 4 is 38.9 Å². The highest BCUT2D eigenvalue weighted by molar-refractivity contribution is 7.16. The van der Waals surface area contributed by atoms with Crippen LogP contribution in [0.5, 0.6) is 0 Å². The lowest BCUT2D eigenvalue weighted by Crippen LogP contribution is -1.79. The number of halogens is 1. The summed E-state index contributed by atoms with van der Waals surface area (Å²) in [5, 5.41) is 7.00. The van der Waals surface area contributed by atoms with Gasteiger partial charge in [0.25, 0.3) is 0 Å². The molecule has 0 unspecified atom stereocenters. The average Bonchev–Trinajstić information content (AvgIpc) is 2.99. The number of nitrogens with zero attached hydrogens (tertiary/aromatic N) is 3. The summed E-state index contributed by atoms with van der Waals surface area (Å²) >= 11 is 7.52. The molecule has 0 N–H and O–H groups in total. The maximum atomic E-state index is 5.97. The zero-order chi connectivity index (χ0) is 13.0. The van der Waals surface area contributed by atoms with Crippen LogP contribution in [0, 0.1) is 6.92 Å². The standard InChI is InChI=1S/C13H8ClN3OS/c1-7-16-17-6-10(15-13(17)19-7)12-5-8-4-9(14)2-3-11(8)18-12/h2-6H,1H3. The second kappa shape index (κ2) is 3.82. The summed E-state index contributed by atoms with van der Waals surface area (Å²) in [6.07, 6.45) is 1.87. The van der Waals surface area contributed by atoms with Crippen molar-refractivity contribution in [1.82, 2.24) is 14.6 Å². The van der Waals surface area contributed by atoms with E-state index in [1.54, 1.807) is 15.9 Å². The van der Waals surface area contributed by atoms with Crippen molar-refractivity contribution in [3.8, 4) is 11.5 Å². The predicted molar refractivity (Wildman–Crippen MR) is 75.8 cm³/mol. The van der Waals surface area contributed by atoms with Gasteiger partial charge in [-0.15, -0.1) is 0 Å². The molecule has 0 fully saturated rings. The summed E-state index contributed by atoms with van der Waals surface area (Å²) in [7, 11) is 0. The van der Waals surface area contributed by atoms with Gasteiger partial charge in [0.1, 0.15) is 16.3 Å². The number of hydrogen-bond acceptors (Lipinski definition) is 4. The van der Waals surface area contributed by atoms with Crippen molar-refractivity contribution in [1.29, 1.82) is 0 Å². The number of aryl methyl sites for hydroxylation is 1. The maximum Gasteiger partial charge on any atom is 0.212 e. The Balaban J connectivity index is 1.90. The number of rotatable bonds is 1. The Kier molecular flexibility index (Phi) is 2.22. The Labute approximate surface area is 117 Å². The lowest BCUT2D eigenvalue weighted by Gasteiger charge is -1.88. The van der Waals surface area contributed by atoms with E-state index in [0.29, 0.717) is 5.02 Å². The molecule has 19 heavy (non-hydrogen) atoms. The van der Waals surface area contributed by atoms with E-state index in [4.69, 9.17) is 16.0 Å². The first-order valence-electron chi connectivity index (χ1n) is 5.71. The van der Waals surface area contributed by atoms with Gasteiger partial charge in [0.2, 0.25) is 4.96 Å². The van der Waals surface area contributed by atoms with Gasteiger partial charge >= 0.3 is 0 Å². The van der Waals surface area contributed by atoms with Crippen molar-refractivity contribution in [2.24, 2.45) is 0 Å². The fourth-order valence-corrected chi connectivity index (χ4v) is 2.96. The van der Waals surface area contributed by atoms with Crippen molar-refractivity contribution in [2.75, 3.05) is 0 Å². The van der Waals surface area contributed by atoms with E-state index in [-0.39, 0.29) is 0 Å². The average molecular weight is 290 g/mol. The molecule has 0 aliphatic heterocycles. The van der Waals surface area contributed by atoms with Crippen LogP contribution < -0.4 is 0 Å². The van der Waals surface area contributed by atoms with E-state index < -0.39 is 0 Å². The van der Waals surface area contributed by atoms with E-state index in [0.717, 1.165) is 32.4 Å². The molecule has 3 aromatic heterocycles. The minimum absolute atomic E-state index is 0.697. The molecule has 94 valence electrons. The van der Waals surface area contributed by atoms with Gasteiger partial charge in [-0.3, -0.25) is 0 Å². The van der Waals surface area contributed by atoms with Crippen molar-refractivity contribution in [2.45, 2.75) is 6.92 Å². The van der Waals surface area contributed by atoms with Gasteiger partial charge in [-0.2, -0.15) is 5.10 Å². The van der Waals surface area contributed by atoms with Crippen LogP contribution >= 0.6 is 22.9 Å². The highest BCUT2D eigenvalue weighted by Gasteiger charge is 2.12. The molecule has 4 nitrogen and oxygen atoms in total. The predicted octanol–water partition coefficient (Wildman–Crippen LogP) is 4.17. The topological polar surface area (TPSA) is 43.3 Å². The molecule has 6 heteroatoms. The van der Waals surface area contributed by atoms with Gasteiger partial charge in [-0.25, -0.2) is 9.50 Å². The fourth-order valence-electron chi connectivity index (χ4n) is 2.06.